The highest BCUT2D eigenvalue weighted by molar-refractivity contribution is 5.93. The minimum atomic E-state index is -0.374. The molecule has 1 amide bonds. The van der Waals surface area contributed by atoms with Crippen LogP contribution in [0.3, 0.4) is 0 Å². The number of hydrogen-bond acceptors (Lipinski definition) is 6. The van der Waals surface area contributed by atoms with E-state index < -0.39 is 0 Å². The lowest BCUT2D eigenvalue weighted by molar-refractivity contribution is -0.120. The first-order chi connectivity index (χ1) is 11.9. The maximum Gasteiger partial charge on any atom is 0.243 e. The molecule has 1 N–H and O–H groups in total. The van der Waals surface area contributed by atoms with Crippen LogP contribution in [0.25, 0.3) is 10.9 Å². The van der Waals surface area contributed by atoms with Gasteiger partial charge < -0.3 is 4.52 Å². The number of amides is 1. The number of nitrogens with zero attached hydrogens (tertiary/aromatic N) is 4. The summed E-state index contributed by atoms with van der Waals surface area (Å²) in [4.78, 5) is 23.4. The first kappa shape index (κ1) is 17.0. The van der Waals surface area contributed by atoms with Crippen molar-refractivity contribution < 1.29 is 9.32 Å². The summed E-state index contributed by atoms with van der Waals surface area (Å²) >= 11 is 0. The molecule has 130 valence electrons. The molecular weight excluding hydrogens is 318 g/mol. The molecule has 25 heavy (non-hydrogen) atoms. The standard InChI is InChI=1S/C18H21N5O2/c1-11-9-17(25-22-11)21-18(24)13(3)23(4)10-16-19-12(2)14-7-5-6-8-15(14)20-16/h5-9,13H,10H2,1-4H3,(H,21,24)/t13-/m1/s1. The summed E-state index contributed by atoms with van der Waals surface area (Å²) in [7, 11) is 1.86. The van der Waals surface area contributed by atoms with Crippen LogP contribution in [0.2, 0.25) is 0 Å². The molecule has 7 nitrogen and oxygen atoms in total. The van der Waals surface area contributed by atoms with Gasteiger partial charge in [-0.15, -0.1) is 0 Å². The predicted octanol–water partition coefficient (Wildman–Crippen LogP) is 2.69. The smallest absolute Gasteiger partial charge is 0.243 e. The topological polar surface area (TPSA) is 84.2 Å². The van der Waals surface area contributed by atoms with Gasteiger partial charge in [0.15, 0.2) is 0 Å². The van der Waals surface area contributed by atoms with Crippen molar-refractivity contribution in [2.24, 2.45) is 0 Å². The quantitative estimate of drug-likeness (QED) is 0.769. The van der Waals surface area contributed by atoms with Crippen LogP contribution in [0, 0.1) is 13.8 Å². The molecular formula is C18H21N5O2. The number of carbonyl (C=O) groups is 1. The molecule has 7 heteroatoms. The Balaban J connectivity index is 1.70. The summed E-state index contributed by atoms with van der Waals surface area (Å²) in [6, 6.07) is 9.21. The Morgan fingerprint density at radius 1 is 1.28 bits per heavy atom. The third kappa shape index (κ3) is 3.83. The molecule has 2 aromatic heterocycles. The van der Waals surface area contributed by atoms with Gasteiger partial charge in [-0.3, -0.25) is 15.0 Å². The number of likely N-dealkylation sites (N-methyl/N-ethyl adjacent to an activating group) is 1. The second-order valence-electron chi connectivity index (χ2n) is 6.16. The van der Waals surface area contributed by atoms with Crippen LogP contribution in [-0.4, -0.2) is 39.0 Å². The Hall–Kier alpha value is -2.80. The number of nitrogens with one attached hydrogen (secondary N) is 1. The lowest BCUT2D eigenvalue weighted by Gasteiger charge is -2.22. The van der Waals surface area contributed by atoms with Crippen molar-refractivity contribution in [2.75, 3.05) is 12.4 Å². The van der Waals surface area contributed by atoms with Gasteiger partial charge >= 0.3 is 0 Å². The van der Waals surface area contributed by atoms with Gasteiger partial charge in [0.05, 0.1) is 23.8 Å². The summed E-state index contributed by atoms with van der Waals surface area (Å²) in [6.45, 7) is 6.06. The van der Waals surface area contributed by atoms with E-state index in [1.54, 1.807) is 13.0 Å². The van der Waals surface area contributed by atoms with Crippen LogP contribution >= 0.6 is 0 Å². The van der Waals surface area contributed by atoms with Crippen LogP contribution in [0.4, 0.5) is 5.88 Å². The second-order valence-corrected chi connectivity index (χ2v) is 6.16. The van der Waals surface area contributed by atoms with Gasteiger partial charge in [0, 0.05) is 17.1 Å². The number of anilines is 1. The van der Waals surface area contributed by atoms with Crippen LogP contribution < -0.4 is 5.32 Å². The largest absolute Gasteiger partial charge is 0.338 e. The van der Waals surface area contributed by atoms with E-state index >= 15 is 0 Å². The van der Waals surface area contributed by atoms with Gasteiger partial charge in [-0.05, 0) is 33.9 Å². The molecule has 0 radical (unpaired) electrons. The third-order valence-electron chi connectivity index (χ3n) is 4.15. The number of hydrogen-bond donors (Lipinski definition) is 1. The molecule has 3 aromatic rings. The van der Waals surface area contributed by atoms with Crippen LogP contribution in [0.5, 0.6) is 0 Å². The number of benzene rings is 1. The van der Waals surface area contributed by atoms with E-state index in [0.29, 0.717) is 18.3 Å². The van der Waals surface area contributed by atoms with Gasteiger partial charge in [0.1, 0.15) is 5.82 Å². The van der Waals surface area contributed by atoms with Crippen molar-refractivity contribution in [1.82, 2.24) is 20.0 Å². The Morgan fingerprint density at radius 2 is 2.04 bits per heavy atom. The average molecular weight is 339 g/mol. The number of aromatic nitrogens is 3. The van der Waals surface area contributed by atoms with Crippen LogP contribution in [0.15, 0.2) is 34.9 Å². The minimum Gasteiger partial charge on any atom is -0.338 e. The van der Waals surface area contributed by atoms with E-state index in [9.17, 15) is 4.79 Å². The number of aryl methyl sites for hydroxylation is 2. The third-order valence-corrected chi connectivity index (χ3v) is 4.15. The maximum atomic E-state index is 12.4. The highest BCUT2D eigenvalue weighted by Gasteiger charge is 2.20. The number of fused-ring (bicyclic) bond motifs is 1. The zero-order valence-corrected chi connectivity index (χ0v) is 14.8. The summed E-state index contributed by atoms with van der Waals surface area (Å²) in [5.41, 5.74) is 2.56. The van der Waals surface area contributed by atoms with Gasteiger partial charge in [-0.2, -0.15) is 0 Å². The van der Waals surface area contributed by atoms with Crippen molar-refractivity contribution in [3.63, 3.8) is 0 Å². The molecule has 1 atom stereocenters. The van der Waals surface area contributed by atoms with Gasteiger partial charge in [0.2, 0.25) is 11.8 Å². The highest BCUT2D eigenvalue weighted by Crippen LogP contribution is 2.16. The number of para-hydroxylation sites is 1. The summed E-state index contributed by atoms with van der Waals surface area (Å²) in [6.07, 6.45) is 0. The molecule has 0 aliphatic carbocycles. The maximum absolute atomic E-state index is 12.4. The fourth-order valence-electron chi connectivity index (χ4n) is 2.57. The molecule has 0 fully saturated rings. The van der Waals surface area contributed by atoms with E-state index in [2.05, 4.69) is 20.4 Å². The van der Waals surface area contributed by atoms with E-state index in [1.807, 2.05) is 50.1 Å². The predicted molar refractivity (Wildman–Crippen MR) is 95.1 cm³/mol. The fourth-order valence-corrected chi connectivity index (χ4v) is 2.57. The molecule has 0 aliphatic heterocycles. The molecule has 3 rings (SSSR count). The second kappa shape index (κ2) is 6.98. The molecule has 0 spiro atoms. The van der Waals surface area contributed by atoms with Crippen molar-refractivity contribution >= 4 is 22.7 Å². The van der Waals surface area contributed by atoms with Crippen molar-refractivity contribution in [3.05, 3.63) is 47.5 Å². The monoisotopic (exact) mass is 339 g/mol. The van der Waals surface area contributed by atoms with Crippen LogP contribution in [-0.2, 0) is 11.3 Å². The summed E-state index contributed by atoms with van der Waals surface area (Å²) < 4.78 is 5.02. The zero-order valence-electron chi connectivity index (χ0n) is 14.8. The van der Waals surface area contributed by atoms with Gasteiger partial charge in [-0.1, -0.05) is 23.4 Å². The lowest BCUT2D eigenvalue weighted by atomic mass is 10.2. The molecule has 0 saturated carbocycles. The molecule has 0 unspecified atom stereocenters. The van der Waals surface area contributed by atoms with Crippen molar-refractivity contribution in [3.8, 4) is 0 Å². The molecule has 0 saturated heterocycles. The van der Waals surface area contributed by atoms with E-state index in [0.717, 1.165) is 22.3 Å². The average Bonchev–Trinajstić information content (AvgIpc) is 2.99. The Kier molecular flexibility index (Phi) is 4.76. The summed E-state index contributed by atoms with van der Waals surface area (Å²) in [5, 5.41) is 7.52. The Labute approximate surface area is 146 Å². The fraction of sp³-hybridized carbons (Fsp3) is 0.333. The van der Waals surface area contributed by atoms with Gasteiger partial charge in [-0.25, -0.2) is 9.97 Å². The van der Waals surface area contributed by atoms with Crippen LogP contribution in [0.1, 0.15) is 24.1 Å². The first-order valence-electron chi connectivity index (χ1n) is 8.10. The zero-order chi connectivity index (χ0) is 18.0. The first-order valence-corrected chi connectivity index (χ1v) is 8.10. The Bertz CT molecular complexity index is 905. The molecule has 1 aromatic carbocycles. The molecule has 0 bridgehead atoms. The molecule has 0 aliphatic rings. The number of carbonyl (C=O) groups excluding carboxylic acids is 1. The van der Waals surface area contributed by atoms with Gasteiger partial charge in [0.25, 0.3) is 0 Å². The SMILES string of the molecule is Cc1cc(NC(=O)[C@@H](C)N(C)Cc2nc(C)c3ccccc3n2)on1. The highest BCUT2D eigenvalue weighted by atomic mass is 16.5. The summed E-state index contributed by atoms with van der Waals surface area (Å²) in [5.74, 6) is 0.866. The van der Waals surface area contributed by atoms with Crippen molar-refractivity contribution in [2.45, 2.75) is 33.4 Å². The number of rotatable bonds is 5. The minimum absolute atomic E-state index is 0.170. The lowest BCUT2D eigenvalue weighted by Crippen LogP contribution is -2.39. The molecule has 2 heterocycles. The van der Waals surface area contributed by atoms with E-state index in [4.69, 9.17) is 4.52 Å². The van der Waals surface area contributed by atoms with E-state index in [1.165, 1.54) is 0 Å². The normalized spacial score (nSPS) is 12.5. The Morgan fingerprint density at radius 3 is 2.76 bits per heavy atom. The van der Waals surface area contributed by atoms with Crippen molar-refractivity contribution in [1.29, 1.82) is 0 Å². The van der Waals surface area contributed by atoms with E-state index in [-0.39, 0.29) is 11.9 Å².